The zero-order chi connectivity index (χ0) is 10.7. The van der Waals surface area contributed by atoms with Crippen LogP contribution in [0.1, 0.15) is 32.5 Å². The van der Waals surface area contributed by atoms with Crippen LogP contribution in [0.15, 0.2) is 6.33 Å². The minimum Gasteiger partial charge on any atom is -0.314 e. The highest BCUT2D eigenvalue weighted by Gasteiger charge is 2.30. The molecule has 4 nitrogen and oxygen atoms in total. The molecule has 2 N–H and O–H groups in total. The average molecular weight is 208 g/mol. The van der Waals surface area contributed by atoms with Crippen molar-refractivity contribution in [2.45, 2.75) is 39.2 Å². The lowest BCUT2D eigenvalue weighted by atomic mass is 9.74. The van der Waals surface area contributed by atoms with Crippen molar-refractivity contribution in [2.75, 3.05) is 6.54 Å². The Balaban J connectivity index is 1.57. The lowest BCUT2D eigenvalue weighted by molar-refractivity contribution is 0.169. The van der Waals surface area contributed by atoms with Crippen LogP contribution in [0.2, 0.25) is 0 Å². The maximum atomic E-state index is 4.09. The van der Waals surface area contributed by atoms with Gasteiger partial charge in [0.15, 0.2) is 0 Å². The summed E-state index contributed by atoms with van der Waals surface area (Å²) in [5.41, 5.74) is 0. The van der Waals surface area contributed by atoms with E-state index in [-0.39, 0.29) is 0 Å². The van der Waals surface area contributed by atoms with E-state index in [4.69, 9.17) is 0 Å². The number of H-pyrrole nitrogens is 1. The summed E-state index contributed by atoms with van der Waals surface area (Å²) in [7, 11) is 0. The van der Waals surface area contributed by atoms with Crippen molar-refractivity contribution in [3.63, 3.8) is 0 Å². The number of aromatic nitrogens is 3. The van der Waals surface area contributed by atoms with Crippen molar-refractivity contribution in [2.24, 2.45) is 11.8 Å². The quantitative estimate of drug-likeness (QED) is 0.768. The molecule has 2 rings (SSSR count). The Kier molecular flexibility index (Phi) is 3.36. The number of nitrogens with zero attached hydrogens (tertiary/aromatic N) is 2. The molecule has 0 saturated heterocycles. The van der Waals surface area contributed by atoms with Gasteiger partial charge >= 0.3 is 0 Å². The molecule has 0 amide bonds. The van der Waals surface area contributed by atoms with E-state index in [0.29, 0.717) is 0 Å². The van der Waals surface area contributed by atoms with Gasteiger partial charge in [0.1, 0.15) is 12.2 Å². The Labute approximate surface area is 90.9 Å². The predicted octanol–water partition coefficient (Wildman–Crippen LogP) is 1.37. The monoisotopic (exact) mass is 208 g/mol. The fourth-order valence-corrected chi connectivity index (χ4v) is 2.12. The number of hydrogen-bond acceptors (Lipinski definition) is 3. The summed E-state index contributed by atoms with van der Waals surface area (Å²) in [6.07, 6.45) is 5.19. The van der Waals surface area contributed by atoms with E-state index < -0.39 is 0 Å². The molecule has 1 aromatic heterocycles. The summed E-state index contributed by atoms with van der Waals surface area (Å²) in [6.45, 7) is 5.63. The lowest BCUT2D eigenvalue weighted by Gasteiger charge is -2.38. The number of nitrogens with one attached hydrogen (secondary N) is 2. The summed E-state index contributed by atoms with van der Waals surface area (Å²) < 4.78 is 0. The highest BCUT2D eigenvalue weighted by atomic mass is 15.2. The van der Waals surface area contributed by atoms with Gasteiger partial charge in [0.25, 0.3) is 0 Å². The highest BCUT2D eigenvalue weighted by molar-refractivity contribution is 4.88. The Morgan fingerprint density at radius 3 is 2.93 bits per heavy atom. The lowest BCUT2D eigenvalue weighted by Crippen LogP contribution is -2.43. The molecule has 1 aliphatic rings. The van der Waals surface area contributed by atoms with Crippen molar-refractivity contribution in [1.29, 1.82) is 0 Å². The van der Waals surface area contributed by atoms with Crippen LogP contribution in [0.5, 0.6) is 0 Å². The summed E-state index contributed by atoms with van der Waals surface area (Å²) in [5, 5.41) is 10.3. The van der Waals surface area contributed by atoms with Crippen LogP contribution in [-0.4, -0.2) is 27.8 Å². The smallest absolute Gasteiger partial charge is 0.137 e. The molecule has 1 fully saturated rings. The third kappa shape index (κ3) is 2.78. The standard InChI is InChI=1S/C11H20N4/c1-8(2)9-5-10(6-9)12-4-3-11-13-7-14-15-11/h7-10,12H,3-6H2,1-2H3,(H,13,14,15). The number of hydrogen-bond donors (Lipinski definition) is 2. The Morgan fingerprint density at radius 1 is 1.53 bits per heavy atom. The molecule has 0 unspecified atom stereocenters. The van der Waals surface area contributed by atoms with E-state index in [2.05, 4.69) is 34.3 Å². The van der Waals surface area contributed by atoms with Gasteiger partial charge in [-0.15, -0.1) is 0 Å². The molecule has 0 atom stereocenters. The second-order valence-electron chi connectivity index (χ2n) is 4.81. The summed E-state index contributed by atoms with van der Waals surface area (Å²) in [6, 6.07) is 0.736. The molecular formula is C11H20N4. The van der Waals surface area contributed by atoms with Gasteiger partial charge < -0.3 is 5.32 Å². The molecule has 1 saturated carbocycles. The minimum absolute atomic E-state index is 0.736. The molecule has 1 aromatic rings. The number of rotatable bonds is 5. The van der Waals surface area contributed by atoms with E-state index in [0.717, 1.165) is 36.7 Å². The van der Waals surface area contributed by atoms with Gasteiger partial charge in [0.05, 0.1) is 0 Å². The molecule has 0 aliphatic heterocycles. The van der Waals surface area contributed by atoms with Crippen LogP contribution in [0, 0.1) is 11.8 Å². The molecular weight excluding hydrogens is 188 g/mol. The second-order valence-corrected chi connectivity index (χ2v) is 4.81. The van der Waals surface area contributed by atoms with Gasteiger partial charge in [0.2, 0.25) is 0 Å². The first-order chi connectivity index (χ1) is 7.25. The van der Waals surface area contributed by atoms with Gasteiger partial charge in [-0.1, -0.05) is 13.8 Å². The van der Waals surface area contributed by atoms with Crippen LogP contribution < -0.4 is 5.32 Å². The zero-order valence-corrected chi connectivity index (χ0v) is 9.53. The fourth-order valence-electron chi connectivity index (χ4n) is 2.12. The molecule has 1 aliphatic carbocycles. The Bertz CT molecular complexity index is 275. The van der Waals surface area contributed by atoms with Crippen LogP contribution >= 0.6 is 0 Å². The largest absolute Gasteiger partial charge is 0.314 e. The van der Waals surface area contributed by atoms with Crippen LogP contribution in [0.3, 0.4) is 0 Å². The average Bonchev–Trinajstić information content (AvgIpc) is 2.60. The van der Waals surface area contributed by atoms with Crippen LogP contribution in [0.25, 0.3) is 0 Å². The summed E-state index contributed by atoms with van der Waals surface area (Å²) >= 11 is 0. The zero-order valence-electron chi connectivity index (χ0n) is 9.53. The van der Waals surface area contributed by atoms with Crippen molar-refractivity contribution in [3.05, 3.63) is 12.2 Å². The van der Waals surface area contributed by atoms with Gasteiger partial charge in [-0.2, -0.15) is 5.10 Å². The molecule has 0 bridgehead atoms. The minimum atomic E-state index is 0.736. The Morgan fingerprint density at radius 2 is 2.33 bits per heavy atom. The third-order valence-electron chi connectivity index (χ3n) is 3.38. The van der Waals surface area contributed by atoms with E-state index in [1.807, 2.05) is 0 Å². The molecule has 15 heavy (non-hydrogen) atoms. The van der Waals surface area contributed by atoms with E-state index >= 15 is 0 Å². The SMILES string of the molecule is CC(C)C1CC(NCCc2ncn[nH]2)C1. The van der Waals surface area contributed by atoms with E-state index in [9.17, 15) is 0 Å². The third-order valence-corrected chi connectivity index (χ3v) is 3.38. The first-order valence-electron chi connectivity index (χ1n) is 5.83. The maximum absolute atomic E-state index is 4.09. The van der Waals surface area contributed by atoms with Crippen molar-refractivity contribution >= 4 is 0 Å². The maximum Gasteiger partial charge on any atom is 0.137 e. The molecule has 0 spiro atoms. The van der Waals surface area contributed by atoms with E-state index in [1.54, 1.807) is 6.33 Å². The van der Waals surface area contributed by atoms with Gasteiger partial charge in [0, 0.05) is 19.0 Å². The van der Waals surface area contributed by atoms with Crippen LogP contribution in [-0.2, 0) is 6.42 Å². The molecule has 84 valence electrons. The van der Waals surface area contributed by atoms with Crippen molar-refractivity contribution in [1.82, 2.24) is 20.5 Å². The summed E-state index contributed by atoms with van der Waals surface area (Å²) in [4.78, 5) is 4.09. The van der Waals surface area contributed by atoms with Crippen molar-refractivity contribution < 1.29 is 0 Å². The van der Waals surface area contributed by atoms with Gasteiger partial charge in [-0.3, -0.25) is 5.10 Å². The van der Waals surface area contributed by atoms with Crippen LogP contribution in [0.4, 0.5) is 0 Å². The first-order valence-corrected chi connectivity index (χ1v) is 5.83. The molecule has 0 radical (unpaired) electrons. The molecule has 4 heteroatoms. The molecule has 0 aromatic carbocycles. The van der Waals surface area contributed by atoms with Gasteiger partial charge in [-0.25, -0.2) is 4.98 Å². The normalized spacial score (nSPS) is 25.5. The fraction of sp³-hybridized carbons (Fsp3) is 0.818. The van der Waals surface area contributed by atoms with E-state index in [1.165, 1.54) is 12.8 Å². The predicted molar refractivity (Wildman–Crippen MR) is 59.4 cm³/mol. The number of aromatic amines is 1. The summed E-state index contributed by atoms with van der Waals surface area (Å²) in [5.74, 6) is 2.76. The van der Waals surface area contributed by atoms with Gasteiger partial charge in [-0.05, 0) is 24.7 Å². The first kappa shape index (κ1) is 10.6. The Hall–Kier alpha value is -0.900. The topological polar surface area (TPSA) is 53.6 Å². The highest BCUT2D eigenvalue weighted by Crippen LogP contribution is 2.33. The molecule has 1 heterocycles. The van der Waals surface area contributed by atoms with Crippen molar-refractivity contribution in [3.8, 4) is 0 Å². The second kappa shape index (κ2) is 4.75.